The van der Waals surface area contributed by atoms with Crippen LogP contribution in [0.2, 0.25) is 0 Å². The zero-order valence-electron chi connectivity index (χ0n) is 17.0. The highest BCUT2D eigenvalue weighted by molar-refractivity contribution is 5.96. The highest BCUT2D eigenvalue weighted by Gasteiger charge is 2.28. The summed E-state index contributed by atoms with van der Waals surface area (Å²) in [5.74, 6) is -0.714. The first-order valence-electron chi connectivity index (χ1n) is 9.53. The quantitative estimate of drug-likeness (QED) is 0.531. The van der Waals surface area contributed by atoms with Gasteiger partial charge in [-0.1, -0.05) is 60.7 Å². The topological polar surface area (TPSA) is 81.7 Å². The van der Waals surface area contributed by atoms with Crippen LogP contribution < -0.4 is 5.32 Å². The number of hydrogen-bond acceptors (Lipinski definition) is 5. The zero-order valence-corrected chi connectivity index (χ0v) is 17.0. The fourth-order valence-electron chi connectivity index (χ4n) is 2.57. The summed E-state index contributed by atoms with van der Waals surface area (Å²) in [4.78, 5) is 37.1. The van der Waals surface area contributed by atoms with E-state index in [2.05, 4.69) is 5.32 Å². The zero-order chi connectivity index (χ0) is 21.3. The molecule has 0 heterocycles. The summed E-state index contributed by atoms with van der Waals surface area (Å²) in [6, 6.07) is 17.0. The van der Waals surface area contributed by atoms with Gasteiger partial charge < -0.3 is 14.8 Å². The first-order chi connectivity index (χ1) is 13.7. The molecule has 2 rings (SSSR count). The molecular weight excluding hydrogens is 370 g/mol. The molecule has 29 heavy (non-hydrogen) atoms. The number of ketones is 1. The summed E-state index contributed by atoms with van der Waals surface area (Å²) in [6.07, 6.45) is -0.535. The van der Waals surface area contributed by atoms with Crippen LogP contribution in [-0.2, 0) is 20.9 Å². The van der Waals surface area contributed by atoms with Gasteiger partial charge >= 0.3 is 12.1 Å². The second-order valence-corrected chi connectivity index (χ2v) is 7.62. The van der Waals surface area contributed by atoms with Crippen molar-refractivity contribution in [3.05, 3.63) is 71.8 Å². The van der Waals surface area contributed by atoms with E-state index in [1.54, 1.807) is 45.0 Å². The normalized spacial score (nSPS) is 12.0. The Hall–Kier alpha value is -3.15. The van der Waals surface area contributed by atoms with E-state index in [1.165, 1.54) is 0 Å². The van der Waals surface area contributed by atoms with Crippen LogP contribution in [0.25, 0.3) is 0 Å². The Bertz CT molecular complexity index is 812. The first kappa shape index (κ1) is 22.1. The summed E-state index contributed by atoms with van der Waals surface area (Å²) in [5, 5.41) is 2.53. The van der Waals surface area contributed by atoms with Crippen molar-refractivity contribution in [3.8, 4) is 0 Å². The standard InChI is InChI=1S/C23H27NO5/c1-23(2,3)29-21(26)19(14-15-20(25)18-12-8-5-9-13-18)24-22(27)28-16-17-10-6-4-7-11-17/h4-13,19H,14-16H2,1-3H3,(H,24,27). The van der Waals surface area contributed by atoms with Crippen molar-refractivity contribution >= 4 is 17.8 Å². The van der Waals surface area contributed by atoms with Crippen molar-refractivity contribution in [2.24, 2.45) is 0 Å². The Kier molecular flexibility index (Phi) is 7.95. The number of carbonyl (C=O) groups is 3. The molecule has 1 unspecified atom stereocenters. The van der Waals surface area contributed by atoms with Crippen molar-refractivity contribution in [2.75, 3.05) is 0 Å². The van der Waals surface area contributed by atoms with E-state index in [-0.39, 0.29) is 25.2 Å². The van der Waals surface area contributed by atoms with Crippen LogP contribution in [0.4, 0.5) is 4.79 Å². The predicted octanol–water partition coefficient (Wildman–Crippen LogP) is 4.29. The maximum Gasteiger partial charge on any atom is 0.408 e. The van der Waals surface area contributed by atoms with E-state index in [9.17, 15) is 14.4 Å². The number of rotatable bonds is 8. The van der Waals surface area contributed by atoms with Crippen LogP contribution in [0.15, 0.2) is 60.7 Å². The Labute approximate surface area is 171 Å². The summed E-state index contributed by atoms with van der Waals surface area (Å²) < 4.78 is 10.6. The monoisotopic (exact) mass is 397 g/mol. The molecule has 0 bridgehead atoms. The van der Waals surface area contributed by atoms with E-state index in [0.717, 1.165) is 5.56 Å². The Balaban J connectivity index is 1.97. The molecular formula is C23H27NO5. The molecule has 154 valence electrons. The van der Waals surface area contributed by atoms with Gasteiger partial charge in [0.2, 0.25) is 0 Å². The fourth-order valence-corrected chi connectivity index (χ4v) is 2.57. The minimum Gasteiger partial charge on any atom is -0.458 e. The van der Waals surface area contributed by atoms with Crippen LogP contribution in [0.3, 0.4) is 0 Å². The second-order valence-electron chi connectivity index (χ2n) is 7.62. The van der Waals surface area contributed by atoms with Crippen molar-refractivity contribution in [1.82, 2.24) is 5.32 Å². The fraction of sp³-hybridized carbons (Fsp3) is 0.348. The molecule has 1 amide bonds. The molecule has 0 aliphatic heterocycles. The minimum atomic E-state index is -0.981. The van der Waals surface area contributed by atoms with Gasteiger partial charge in [0.15, 0.2) is 5.78 Å². The summed E-state index contributed by atoms with van der Waals surface area (Å²) in [5.41, 5.74) is 0.673. The van der Waals surface area contributed by atoms with Gasteiger partial charge in [0.05, 0.1) is 0 Å². The van der Waals surface area contributed by atoms with Gasteiger partial charge in [0, 0.05) is 12.0 Å². The average molecular weight is 397 g/mol. The summed E-state index contributed by atoms with van der Waals surface area (Å²) in [6.45, 7) is 5.30. The maximum atomic E-state index is 12.5. The molecule has 2 aromatic carbocycles. The van der Waals surface area contributed by atoms with E-state index in [1.807, 2.05) is 36.4 Å². The van der Waals surface area contributed by atoms with E-state index in [4.69, 9.17) is 9.47 Å². The third kappa shape index (κ3) is 8.17. The molecule has 1 N–H and O–H groups in total. The third-order valence-electron chi connectivity index (χ3n) is 3.95. The number of ether oxygens (including phenoxy) is 2. The number of Topliss-reactive ketones (excluding diaryl/α,β-unsaturated/α-hetero) is 1. The number of nitrogens with one attached hydrogen (secondary N) is 1. The third-order valence-corrected chi connectivity index (χ3v) is 3.95. The van der Waals surface area contributed by atoms with Crippen molar-refractivity contribution < 1.29 is 23.9 Å². The smallest absolute Gasteiger partial charge is 0.408 e. The molecule has 2 aromatic rings. The van der Waals surface area contributed by atoms with Crippen LogP contribution in [0.5, 0.6) is 0 Å². The minimum absolute atomic E-state index is 0.0800. The number of benzene rings is 2. The lowest BCUT2D eigenvalue weighted by Gasteiger charge is -2.24. The molecule has 6 heteroatoms. The number of hydrogen-bond donors (Lipinski definition) is 1. The van der Waals surface area contributed by atoms with Crippen molar-refractivity contribution in [2.45, 2.75) is 51.9 Å². The molecule has 0 radical (unpaired) electrons. The molecule has 6 nitrogen and oxygen atoms in total. The van der Waals surface area contributed by atoms with E-state index < -0.39 is 23.7 Å². The van der Waals surface area contributed by atoms with Crippen molar-refractivity contribution in [1.29, 1.82) is 0 Å². The predicted molar refractivity (Wildman–Crippen MR) is 109 cm³/mol. The van der Waals surface area contributed by atoms with Gasteiger partial charge in [0.1, 0.15) is 18.2 Å². The molecule has 0 aliphatic carbocycles. The largest absolute Gasteiger partial charge is 0.458 e. The SMILES string of the molecule is CC(C)(C)OC(=O)C(CCC(=O)c1ccccc1)NC(=O)OCc1ccccc1. The molecule has 0 aliphatic rings. The Morgan fingerprint density at radius 2 is 1.52 bits per heavy atom. The highest BCUT2D eigenvalue weighted by atomic mass is 16.6. The van der Waals surface area contributed by atoms with Crippen LogP contribution in [0, 0.1) is 0 Å². The average Bonchev–Trinajstić information content (AvgIpc) is 2.69. The highest BCUT2D eigenvalue weighted by Crippen LogP contribution is 2.13. The number of amides is 1. The van der Waals surface area contributed by atoms with Gasteiger partial charge in [0.25, 0.3) is 0 Å². The number of esters is 1. The molecule has 0 fully saturated rings. The molecule has 0 saturated heterocycles. The summed E-state index contributed by atoms with van der Waals surface area (Å²) >= 11 is 0. The Morgan fingerprint density at radius 3 is 2.10 bits per heavy atom. The molecule has 0 saturated carbocycles. The van der Waals surface area contributed by atoms with Gasteiger partial charge in [-0.25, -0.2) is 9.59 Å². The Morgan fingerprint density at radius 1 is 0.931 bits per heavy atom. The van der Waals surface area contributed by atoms with Crippen LogP contribution >= 0.6 is 0 Å². The maximum absolute atomic E-state index is 12.5. The van der Waals surface area contributed by atoms with Gasteiger partial charge in [-0.3, -0.25) is 4.79 Å². The van der Waals surface area contributed by atoms with Crippen LogP contribution in [-0.4, -0.2) is 29.5 Å². The first-order valence-corrected chi connectivity index (χ1v) is 9.53. The number of alkyl carbamates (subject to hydrolysis) is 1. The summed E-state index contributed by atoms with van der Waals surface area (Å²) in [7, 11) is 0. The molecule has 0 aromatic heterocycles. The van der Waals surface area contributed by atoms with Gasteiger partial charge in [-0.15, -0.1) is 0 Å². The lowest BCUT2D eigenvalue weighted by atomic mass is 10.0. The van der Waals surface area contributed by atoms with Gasteiger partial charge in [-0.2, -0.15) is 0 Å². The molecule has 0 spiro atoms. The number of carbonyl (C=O) groups excluding carboxylic acids is 3. The van der Waals surface area contributed by atoms with Crippen LogP contribution in [0.1, 0.15) is 49.5 Å². The van der Waals surface area contributed by atoms with Crippen molar-refractivity contribution in [3.63, 3.8) is 0 Å². The van der Waals surface area contributed by atoms with E-state index in [0.29, 0.717) is 5.56 Å². The van der Waals surface area contributed by atoms with Gasteiger partial charge in [-0.05, 0) is 32.8 Å². The lowest BCUT2D eigenvalue weighted by Crippen LogP contribution is -2.44. The lowest BCUT2D eigenvalue weighted by molar-refractivity contribution is -0.157. The van der Waals surface area contributed by atoms with E-state index >= 15 is 0 Å². The second kappa shape index (κ2) is 10.4. The molecule has 1 atom stereocenters.